The third kappa shape index (κ3) is 66.0. The van der Waals surface area contributed by atoms with Crippen LogP contribution < -0.4 is 5.32 Å². The first kappa shape index (κ1) is 80.5. The number of nitrogens with one attached hydrogen (secondary N) is 1. The van der Waals surface area contributed by atoms with Crippen molar-refractivity contribution in [2.75, 3.05) is 40.9 Å². The van der Waals surface area contributed by atoms with Crippen molar-refractivity contribution in [3.05, 3.63) is 48.6 Å². The number of unbranched alkanes of at least 4 members (excludes halogenated alkanes) is 46. The maximum atomic E-state index is 13.1. The summed E-state index contributed by atoms with van der Waals surface area (Å²) in [6.07, 6.45) is 86.5. The summed E-state index contributed by atoms with van der Waals surface area (Å²) in [5, 5.41) is 14.2. The first-order valence-electron chi connectivity index (χ1n) is 36.0. The van der Waals surface area contributed by atoms with Crippen LogP contribution in [-0.4, -0.2) is 73.4 Å². The van der Waals surface area contributed by atoms with Gasteiger partial charge in [-0.05, 0) is 51.4 Å². The van der Waals surface area contributed by atoms with Gasteiger partial charge in [0.2, 0.25) is 5.91 Å². The van der Waals surface area contributed by atoms with E-state index in [1.165, 1.54) is 270 Å². The number of rotatable bonds is 67. The van der Waals surface area contributed by atoms with Crippen LogP contribution in [0.4, 0.5) is 0 Å². The summed E-state index contributed by atoms with van der Waals surface area (Å²) < 4.78 is 23.9. The zero-order valence-corrected chi connectivity index (χ0v) is 56.4. The molecule has 0 fully saturated rings. The minimum absolute atomic E-state index is 0.0749. The number of allylic oxidation sites excluding steroid dienone is 8. The smallest absolute Gasteiger partial charge is 0.391 e. The van der Waals surface area contributed by atoms with E-state index in [1.807, 2.05) is 21.1 Å². The number of hydrogen-bond acceptors (Lipinski definition) is 5. The summed E-state index contributed by atoms with van der Waals surface area (Å²) in [5.41, 5.74) is 0. The molecule has 0 radical (unpaired) electrons. The average molecular weight is 1170 g/mol. The van der Waals surface area contributed by atoms with E-state index in [0.29, 0.717) is 23.9 Å². The van der Waals surface area contributed by atoms with Crippen LogP contribution in [0.2, 0.25) is 0 Å². The molecule has 0 rings (SSSR count). The molecule has 0 aromatic rings. The largest absolute Gasteiger partial charge is 0.472 e. The lowest BCUT2D eigenvalue weighted by Crippen LogP contribution is -2.46. The molecule has 8 nitrogen and oxygen atoms in total. The van der Waals surface area contributed by atoms with Crippen molar-refractivity contribution in [1.82, 2.24) is 5.32 Å². The van der Waals surface area contributed by atoms with Gasteiger partial charge in [-0.3, -0.25) is 13.8 Å². The van der Waals surface area contributed by atoms with E-state index >= 15 is 0 Å². The van der Waals surface area contributed by atoms with Gasteiger partial charge in [-0.1, -0.05) is 351 Å². The number of aliphatic hydroxyl groups is 1. The Morgan fingerprint density at radius 3 is 1.07 bits per heavy atom. The van der Waals surface area contributed by atoms with E-state index < -0.39 is 20.0 Å². The Morgan fingerprint density at radius 2 is 0.732 bits per heavy atom. The number of aliphatic hydroxyl groups excluding tert-OH is 1. The molecule has 0 bridgehead atoms. The van der Waals surface area contributed by atoms with Crippen LogP contribution in [0, 0.1) is 0 Å². The Morgan fingerprint density at radius 1 is 0.427 bits per heavy atom. The predicted molar refractivity (Wildman–Crippen MR) is 360 cm³/mol. The lowest BCUT2D eigenvalue weighted by molar-refractivity contribution is -0.870. The second-order valence-electron chi connectivity index (χ2n) is 25.9. The number of carbonyl (C=O) groups excluding carboxylic acids is 1. The molecule has 0 aliphatic heterocycles. The van der Waals surface area contributed by atoms with Gasteiger partial charge < -0.3 is 19.8 Å². The van der Waals surface area contributed by atoms with Crippen molar-refractivity contribution in [3.63, 3.8) is 0 Å². The third-order valence-corrected chi connectivity index (χ3v) is 17.6. The van der Waals surface area contributed by atoms with Crippen LogP contribution in [0.25, 0.3) is 0 Å². The van der Waals surface area contributed by atoms with Crippen LogP contribution in [0.3, 0.4) is 0 Å². The van der Waals surface area contributed by atoms with Gasteiger partial charge in [0.15, 0.2) is 0 Å². The number of hydrogen-bond donors (Lipinski definition) is 3. The second kappa shape index (κ2) is 63.9. The highest BCUT2D eigenvalue weighted by molar-refractivity contribution is 7.47. The second-order valence-corrected chi connectivity index (χ2v) is 27.4. The summed E-state index contributed by atoms with van der Waals surface area (Å²) in [4.78, 5) is 23.5. The molecule has 0 aliphatic carbocycles. The van der Waals surface area contributed by atoms with Crippen LogP contribution in [0.15, 0.2) is 48.6 Å². The van der Waals surface area contributed by atoms with Gasteiger partial charge in [0.1, 0.15) is 13.2 Å². The van der Waals surface area contributed by atoms with E-state index in [4.69, 9.17) is 9.05 Å². The Hall–Kier alpha value is -1.54. The van der Waals surface area contributed by atoms with Crippen LogP contribution in [0.1, 0.15) is 361 Å². The van der Waals surface area contributed by atoms with Gasteiger partial charge in [-0.25, -0.2) is 4.57 Å². The monoisotopic (exact) mass is 1170 g/mol. The lowest BCUT2D eigenvalue weighted by Gasteiger charge is -2.26. The maximum absolute atomic E-state index is 13.1. The summed E-state index contributed by atoms with van der Waals surface area (Å²) in [7, 11) is 1.63. The van der Waals surface area contributed by atoms with Gasteiger partial charge in [0.25, 0.3) is 0 Å². The first-order valence-corrected chi connectivity index (χ1v) is 37.5. The molecule has 0 aromatic heterocycles. The highest BCUT2D eigenvalue weighted by atomic mass is 31.2. The van der Waals surface area contributed by atoms with Crippen molar-refractivity contribution in [2.45, 2.75) is 373 Å². The summed E-state index contributed by atoms with van der Waals surface area (Å²) in [6, 6.07) is -0.764. The third-order valence-electron chi connectivity index (χ3n) is 16.6. The summed E-state index contributed by atoms with van der Waals surface area (Å²) >= 11 is 0. The van der Waals surface area contributed by atoms with Crippen molar-refractivity contribution in [2.24, 2.45) is 0 Å². The lowest BCUT2D eigenvalue weighted by atomic mass is 10.0. The van der Waals surface area contributed by atoms with Crippen molar-refractivity contribution in [1.29, 1.82) is 0 Å². The molecule has 1 amide bonds. The SMILES string of the molecule is CC/C=C\C/C=C\C/C=C\C/C=C\CCCCCCCCCCCCCCCCC(=O)NC(COP(=O)(O)OCC[N+](C)(C)C)C(O)CCCCCCCCCCCCCCCCCCCCCCCCCCCCCCCCCCC. The Bertz CT molecular complexity index is 1480. The average Bonchev–Trinajstić information content (AvgIpc) is 3.45. The van der Waals surface area contributed by atoms with E-state index in [2.05, 4.69) is 67.8 Å². The Labute approximate surface area is 511 Å². The molecule has 0 spiro atoms. The molecular formula is C73H142N2O6P+. The quantitative estimate of drug-likeness (QED) is 0.0243. The molecule has 0 saturated heterocycles. The molecule has 0 aromatic carbocycles. The van der Waals surface area contributed by atoms with Crippen LogP contribution >= 0.6 is 7.82 Å². The molecule has 3 atom stereocenters. The number of nitrogens with zero attached hydrogens (tertiary/aromatic N) is 1. The van der Waals surface area contributed by atoms with Gasteiger partial charge in [0.05, 0.1) is 39.9 Å². The van der Waals surface area contributed by atoms with Crippen molar-refractivity contribution in [3.8, 4) is 0 Å². The van der Waals surface area contributed by atoms with E-state index in [9.17, 15) is 19.4 Å². The fourth-order valence-corrected chi connectivity index (χ4v) is 11.8. The minimum atomic E-state index is -4.33. The molecule has 3 N–H and O–H groups in total. The molecule has 0 aliphatic rings. The van der Waals surface area contributed by atoms with E-state index in [-0.39, 0.29) is 19.1 Å². The van der Waals surface area contributed by atoms with E-state index in [0.717, 1.165) is 64.2 Å². The fourth-order valence-electron chi connectivity index (χ4n) is 11.0. The fraction of sp³-hybridized carbons (Fsp3) is 0.877. The normalized spacial score (nSPS) is 13.9. The number of carbonyl (C=O) groups is 1. The topological polar surface area (TPSA) is 105 Å². The Kier molecular flexibility index (Phi) is 62.7. The standard InChI is InChI=1S/C73H141N2O6P/c1-6-8-10-12-14-16-18-20-22-24-26-28-30-32-34-35-36-37-38-39-41-42-44-46-48-50-52-54-56-58-60-62-64-66-72(76)71(70-81-82(78,79)80-69-68-75(3,4)5)74-73(77)67-65-63-61-59-57-55-53-51-49-47-45-43-40-33-31-29-27-25-23-21-19-17-15-13-11-9-7-2/h9,11,15,17,21,23,27,29,71-72,76H,6-8,10,12-14,16,18-20,22,24-26,28,30-70H2,1-5H3,(H-,74,77,78,79)/p+1/b11-9-,17-15-,23-21-,29-27-. The zero-order chi connectivity index (χ0) is 59.8. The number of quaternary nitrogens is 1. The first-order chi connectivity index (χ1) is 40.0. The molecular weight excluding hydrogens is 1030 g/mol. The summed E-state index contributed by atoms with van der Waals surface area (Å²) in [6.45, 7) is 4.83. The zero-order valence-electron chi connectivity index (χ0n) is 55.5. The highest BCUT2D eigenvalue weighted by Crippen LogP contribution is 2.43. The number of amides is 1. The molecule has 0 saturated carbocycles. The Balaban J connectivity index is 3.99. The highest BCUT2D eigenvalue weighted by Gasteiger charge is 2.28. The van der Waals surface area contributed by atoms with Crippen LogP contribution in [0.5, 0.6) is 0 Å². The van der Waals surface area contributed by atoms with Gasteiger partial charge in [0, 0.05) is 6.42 Å². The molecule has 9 heteroatoms. The van der Waals surface area contributed by atoms with Gasteiger partial charge in [-0.15, -0.1) is 0 Å². The molecule has 484 valence electrons. The van der Waals surface area contributed by atoms with Crippen molar-refractivity contribution >= 4 is 13.7 Å². The summed E-state index contributed by atoms with van der Waals surface area (Å²) in [5.74, 6) is -0.140. The van der Waals surface area contributed by atoms with E-state index in [1.54, 1.807) is 0 Å². The number of phosphoric acid groups is 1. The molecule has 3 unspecified atom stereocenters. The maximum Gasteiger partial charge on any atom is 0.472 e. The number of phosphoric ester groups is 1. The van der Waals surface area contributed by atoms with Crippen LogP contribution in [-0.2, 0) is 18.4 Å². The molecule has 82 heavy (non-hydrogen) atoms. The molecule has 0 heterocycles. The predicted octanol–water partition coefficient (Wildman–Crippen LogP) is 23.0. The number of likely N-dealkylation sites (N-methyl/N-ethyl adjacent to an activating group) is 1. The van der Waals surface area contributed by atoms with Gasteiger partial charge in [-0.2, -0.15) is 0 Å². The minimum Gasteiger partial charge on any atom is -0.391 e. The van der Waals surface area contributed by atoms with Gasteiger partial charge >= 0.3 is 7.82 Å². The van der Waals surface area contributed by atoms with Crippen molar-refractivity contribution < 1.29 is 32.9 Å².